The minimum atomic E-state index is -4.34. The molecule has 1 saturated carbocycles. The molecule has 2 atom stereocenters. The van der Waals surface area contributed by atoms with E-state index < -0.39 is 23.9 Å². The lowest BCUT2D eigenvalue weighted by molar-refractivity contribution is -0.197. The van der Waals surface area contributed by atoms with E-state index in [-0.39, 0.29) is 12.8 Å². The van der Waals surface area contributed by atoms with Crippen molar-refractivity contribution >= 4 is 17.9 Å². The molecule has 1 aromatic rings. The SMILES string of the molecule is O=Cc1ccc(NC(=O)C2CCCCC2C(F)(F)F)cc1. The fourth-order valence-electron chi connectivity index (χ4n) is 2.72. The number of hydrogen-bond acceptors (Lipinski definition) is 2. The maximum absolute atomic E-state index is 13.0. The zero-order chi connectivity index (χ0) is 15.5. The number of carbonyl (C=O) groups is 2. The van der Waals surface area contributed by atoms with Crippen LogP contribution in [0.2, 0.25) is 0 Å². The van der Waals surface area contributed by atoms with Crippen LogP contribution >= 0.6 is 0 Å². The lowest BCUT2D eigenvalue weighted by atomic mass is 9.78. The van der Waals surface area contributed by atoms with Gasteiger partial charge in [0.05, 0.1) is 5.92 Å². The van der Waals surface area contributed by atoms with E-state index in [1.54, 1.807) is 0 Å². The van der Waals surface area contributed by atoms with Crippen LogP contribution in [-0.2, 0) is 4.79 Å². The monoisotopic (exact) mass is 299 g/mol. The highest BCUT2D eigenvalue weighted by molar-refractivity contribution is 5.93. The second-order valence-electron chi connectivity index (χ2n) is 5.27. The van der Waals surface area contributed by atoms with Gasteiger partial charge in [0.15, 0.2) is 0 Å². The molecule has 21 heavy (non-hydrogen) atoms. The molecule has 0 spiro atoms. The van der Waals surface area contributed by atoms with Gasteiger partial charge in [-0.25, -0.2) is 0 Å². The molecule has 1 N–H and O–H groups in total. The number of halogens is 3. The first-order valence-electron chi connectivity index (χ1n) is 6.84. The summed E-state index contributed by atoms with van der Waals surface area (Å²) < 4.78 is 38.9. The van der Waals surface area contributed by atoms with Crippen LogP contribution < -0.4 is 5.32 Å². The normalized spacial score (nSPS) is 22.6. The van der Waals surface area contributed by atoms with Crippen molar-refractivity contribution in [2.24, 2.45) is 11.8 Å². The Hall–Kier alpha value is -1.85. The van der Waals surface area contributed by atoms with Gasteiger partial charge in [0.2, 0.25) is 5.91 Å². The van der Waals surface area contributed by atoms with Gasteiger partial charge >= 0.3 is 6.18 Å². The molecule has 6 heteroatoms. The van der Waals surface area contributed by atoms with Crippen LogP contribution in [0.3, 0.4) is 0 Å². The highest BCUT2D eigenvalue weighted by Gasteiger charge is 2.47. The zero-order valence-corrected chi connectivity index (χ0v) is 11.3. The largest absolute Gasteiger partial charge is 0.392 e. The minimum absolute atomic E-state index is 0.00562. The molecule has 1 fully saturated rings. The summed E-state index contributed by atoms with van der Waals surface area (Å²) in [6.45, 7) is 0. The average molecular weight is 299 g/mol. The first kappa shape index (κ1) is 15.5. The quantitative estimate of drug-likeness (QED) is 0.863. The lowest BCUT2D eigenvalue weighted by Gasteiger charge is -2.31. The molecule has 0 saturated heterocycles. The third kappa shape index (κ3) is 3.83. The van der Waals surface area contributed by atoms with Crippen molar-refractivity contribution in [2.45, 2.75) is 31.9 Å². The Morgan fingerprint density at radius 3 is 2.33 bits per heavy atom. The van der Waals surface area contributed by atoms with Gasteiger partial charge in [0.1, 0.15) is 6.29 Å². The van der Waals surface area contributed by atoms with Crippen molar-refractivity contribution in [1.82, 2.24) is 0 Å². The minimum Gasteiger partial charge on any atom is -0.326 e. The van der Waals surface area contributed by atoms with E-state index in [0.717, 1.165) is 0 Å². The molecule has 0 aliphatic heterocycles. The Kier molecular flexibility index (Phi) is 4.65. The van der Waals surface area contributed by atoms with Gasteiger partial charge < -0.3 is 5.32 Å². The van der Waals surface area contributed by atoms with Crippen LogP contribution in [0, 0.1) is 11.8 Å². The maximum Gasteiger partial charge on any atom is 0.392 e. The number of nitrogens with one attached hydrogen (secondary N) is 1. The molecule has 2 unspecified atom stereocenters. The van der Waals surface area contributed by atoms with Gasteiger partial charge in [-0.05, 0) is 37.1 Å². The fourth-order valence-corrected chi connectivity index (χ4v) is 2.72. The van der Waals surface area contributed by atoms with E-state index >= 15 is 0 Å². The van der Waals surface area contributed by atoms with E-state index in [2.05, 4.69) is 5.32 Å². The molecule has 0 heterocycles. The second kappa shape index (κ2) is 6.28. The van der Waals surface area contributed by atoms with Crippen molar-refractivity contribution in [1.29, 1.82) is 0 Å². The summed E-state index contributed by atoms with van der Waals surface area (Å²) in [7, 11) is 0. The van der Waals surface area contributed by atoms with E-state index in [1.807, 2.05) is 0 Å². The Labute approximate surface area is 120 Å². The molecule has 3 nitrogen and oxygen atoms in total. The summed E-state index contributed by atoms with van der Waals surface area (Å²) in [5.41, 5.74) is 0.843. The van der Waals surface area contributed by atoms with Crippen molar-refractivity contribution in [3.63, 3.8) is 0 Å². The fraction of sp³-hybridized carbons (Fsp3) is 0.467. The predicted octanol–water partition coefficient (Wildman–Crippen LogP) is 3.81. The highest BCUT2D eigenvalue weighted by Crippen LogP contribution is 2.41. The third-order valence-corrected chi connectivity index (χ3v) is 3.84. The molecular formula is C15H16F3NO2. The standard InChI is InChI=1S/C15H16F3NO2/c16-15(17,18)13-4-2-1-3-12(13)14(21)19-11-7-5-10(9-20)6-8-11/h5-9,12-13H,1-4H2,(H,19,21). The Bertz CT molecular complexity index is 511. The zero-order valence-electron chi connectivity index (χ0n) is 11.3. The van der Waals surface area contributed by atoms with E-state index in [0.29, 0.717) is 30.4 Å². The number of rotatable bonds is 3. The molecule has 1 aromatic carbocycles. The first-order valence-corrected chi connectivity index (χ1v) is 6.84. The topological polar surface area (TPSA) is 46.2 Å². The summed E-state index contributed by atoms with van der Waals surface area (Å²) in [5.74, 6) is -3.21. The van der Waals surface area contributed by atoms with Gasteiger partial charge in [-0.2, -0.15) is 13.2 Å². The van der Waals surface area contributed by atoms with Gasteiger partial charge in [-0.3, -0.25) is 9.59 Å². The van der Waals surface area contributed by atoms with Crippen LogP contribution in [0.5, 0.6) is 0 Å². The molecule has 114 valence electrons. The number of alkyl halides is 3. The summed E-state index contributed by atoms with van der Waals surface area (Å²) in [6, 6.07) is 6.02. The van der Waals surface area contributed by atoms with Crippen molar-refractivity contribution < 1.29 is 22.8 Å². The summed E-state index contributed by atoms with van der Waals surface area (Å²) in [5, 5.41) is 2.51. The Balaban J connectivity index is 2.08. The van der Waals surface area contributed by atoms with Crippen LogP contribution in [0.4, 0.5) is 18.9 Å². The molecule has 1 aliphatic rings. The van der Waals surface area contributed by atoms with E-state index in [9.17, 15) is 22.8 Å². The van der Waals surface area contributed by atoms with Crippen LogP contribution in [-0.4, -0.2) is 18.4 Å². The Morgan fingerprint density at radius 1 is 1.14 bits per heavy atom. The number of aldehydes is 1. The summed E-state index contributed by atoms with van der Waals surface area (Å²) in [6.07, 6.45) is -2.29. The molecule has 2 rings (SSSR count). The number of amides is 1. The number of hydrogen-bond donors (Lipinski definition) is 1. The lowest BCUT2D eigenvalue weighted by Crippen LogP contribution is -2.39. The van der Waals surface area contributed by atoms with E-state index in [4.69, 9.17) is 0 Å². The summed E-state index contributed by atoms with van der Waals surface area (Å²) >= 11 is 0. The number of anilines is 1. The third-order valence-electron chi connectivity index (χ3n) is 3.84. The summed E-state index contributed by atoms with van der Waals surface area (Å²) in [4.78, 5) is 22.6. The highest BCUT2D eigenvalue weighted by atomic mass is 19.4. The van der Waals surface area contributed by atoms with Gasteiger partial charge in [-0.1, -0.05) is 12.8 Å². The van der Waals surface area contributed by atoms with Crippen molar-refractivity contribution in [2.75, 3.05) is 5.32 Å². The Morgan fingerprint density at radius 2 is 1.76 bits per heavy atom. The van der Waals surface area contributed by atoms with Crippen LogP contribution in [0.1, 0.15) is 36.0 Å². The smallest absolute Gasteiger partial charge is 0.326 e. The molecule has 1 amide bonds. The molecule has 1 aliphatic carbocycles. The molecule has 0 bridgehead atoms. The second-order valence-corrected chi connectivity index (χ2v) is 5.27. The van der Waals surface area contributed by atoms with Gasteiger partial charge in [-0.15, -0.1) is 0 Å². The molecular weight excluding hydrogens is 283 g/mol. The number of benzene rings is 1. The van der Waals surface area contributed by atoms with E-state index in [1.165, 1.54) is 24.3 Å². The van der Waals surface area contributed by atoms with Gasteiger partial charge in [0.25, 0.3) is 0 Å². The van der Waals surface area contributed by atoms with Gasteiger partial charge in [0, 0.05) is 17.2 Å². The first-order chi connectivity index (χ1) is 9.91. The molecule has 0 aromatic heterocycles. The van der Waals surface area contributed by atoms with Crippen molar-refractivity contribution in [3.05, 3.63) is 29.8 Å². The maximum atomic E-state index is 13.0. The number of carbonyl (C=O) groups excluding carboxylic acids is 2. The van der Waals surface area contributed by atoms with Crippen LogP contribution in [0.25, 0.3) is 0 Å². The predicted molar refractivity (Wildman–Crippen MR) is 72.0 cm³/mol. The van der Waals surface area contributed by atoms with Crippen molar-refractivity contribution in [3.8, 4) is 0 Å². The van der Waals surface area contributed by atoms with Crippen LogP contribution in [0.15, 0.2) is 24.3 Å². The average Bonchev–Trinajstić information content (AvgIpc) is 2.47. The molecule has 0 radical (unpaired) electrons.